The molecule has 0 spiro atoms. The maximum absolute atomic E-state index is 13.1. The molecule has 0 saturated heterocycles. The molecule has 0 bridgehead atoms. The lowest BCUT2D eigenvalue weighted by molar-refractivity contribution is -0.137. The third-order valence-electron chi connectivity index (χ3n) is 5.56. The van der Waals surface area contributed by atoms with Crippen LogP contribution in [0.1, 0.15) is 35.8 Å². The Hall–Kier alpha value is -2.66. The Balaban J connectivity index is 1.45. The third-order valence-corrected chi connectivity index (χ3v) is 6.58. The second-order valence-electron chi connectivity index (χ2n) is 7.60. The highest BCUT2D eigenvalue weighted by atomic mass is 32.1. The van der Waals surface area contributed by atoms with Crippen LogP contribution in [-0.4, -0.2) is 29.3 Å². The van der Waals surface area contributed by atoms with E-state index in [-0.39, 0.29) is 18.2 Å². The van der Waals surface area contributed by atoms with Gasteiger partial charge in [0.1, 0.15) is 6.04 Å². The fourth-order valence-electron chi connectivity index (χ4n) is 4.07. The Morgan fingerprint density at radius 3 is 2.83 bits per heavy atom. The molecule has 4 rings (SSSR count). The molecular weight excluding hydrogens is 380 g/mol. The van der Waals surface area contributed by atoms with Gasteiger partial charge in [0.05, 0.1) is 6.42 Å². The predicted molar refractivity (Wildman–Crippen MR) is 118 cm³/mol. The molecule has 1 aliphatic rings. The molecule has 4 nitrogen and oxygen atoms in total. The summed E-state index contributed by atoms with van der Waals surface area (Å²) in [5, 5.41) is 7.32. The number of nitrogens with zero attached hydrogens (tertiary/aromatic N) is 1. The predicted octanol–water partition coefficient (Wildman–Crippen LogP) is 4.31. The first kappa shape index (κ1) is 19.6. The third kappa shape index (κ3) is 4.35. The van der Waals surface area contributed by atoms with Crippen LogP contribution in [-0.2, 0) is 29.0 Å². The lowest BCUT2D eigenvalue weighted by Gasteiger charge is -2.31. The van der Waals surface area contributed by atoms with E-state index >= 15 is 0 Å². The number of benzene rings is 2. The number of carbonyl (C=O) groups excluding carboxylic acids is 2. The van der Waals surface area contributed by atoms with E-state index in [1.54, 1.807) is 11.3 Å². The fourth-order valence-corrected chi connectivity index (χ4v) is 4.96. The number of hydrogen-bond acceptors (Lipinski definition) is 3. The van der Waals surface area contributed by atoms with Gasteiger partial charge in [-0.1, -0.05) is 55.8 Å². The van der Waals surface area contributed by atoms with Crippen molar-refractivity contribution >= 4 is 33.9 Å². The van der Waals surface area contributed by atoms with Crippen LogP contribution in [0.25, 0.3) is 10.8 Å². The molecule has 0 saturated carbocycles. The van der Waals surface area contributed by atoms with Gasteiger partial charge >= 0.3 is 0 Å². The quantitative estimate of drug-likeness (QED) is 0.663. The second-order valence-corrected chi connectivity index (χ2v) is 8.60. The molecule has 1 unspecified atom stereocenters. The summed E-state index contributed by atoms with van der Waals surface area (Å²) in [6, 6.07) is 15.7. The summed E-state index contributed by atoms with van der Waals surface area (Å²) in [5.41, 5.74) is 2.23. The fraction of sp³-hybridized carbons (Fsp3) is 0.333. The van der Waals surface area contributed by atoms with Gasteiger partial charge in [0.25, 0.3) is 0 Å². The molecule has 3 aromatic rings. The summed E-state index contributed by atoms with van der Waals surface area (Å²) in [6.07, 6.45) is 2.70. The zero-order chi connectivity index (χ0) is 20.2. The van der Waals surface area contributed by atoms with Crippen LogP contribution in [0.4, 0.5) is 0 Å². The highest BCUT2D eigenvalue weighted by Gasteiger charge is 2.28. The summed E-state index contributed by atoms with van der Waals surface area (Å²) in [4.78, 5) is 29.2. The molecule has 1 N–H and O–H groups in total. The number of carbonyl (C=O) groups is 2. The van der Waals surface area contributed by atoms with Crippen molar-refractivity contribution < 1.29 is 9.59 Å². The largest absolute Gasteiger partial charge is 0.344 e. The minimum atomic E-state index is -0.456. The van der Waals surface area contributed by atoms with Crippen molar-refractivity contribution in [1.29, 1.82) is 0 Å². The normalized spacial score (nSPS) is 14.4. The summed E-state index contributed by atoms with van der Waals surface area (Å²) < 4.78 is 0. The van der Waals surface area contributed by atoms with Crippen LogP contribution >= 0.6 is 11.3 Å². The van der Waals surface area contributed by atoms with Gasteiger partial charge in [-0.2, -0.15) is 0 Å². The van der Waals surface area contributed by atoms with Crippen molar-refractivity contribution in [2.45, 2.75) is 45.2 Å². The molecule has 29 heavy (non-hydrogen) atoms. The molecule has 0 aliphatic carbocycles. The molecule has 1 aliphatic heterocycles. The standard InChI is InChI=1S/C24H26N2O2S/c1-2-6-21(24(28)26-13-11-22-19(16-26)12-14-29-22)25-23(27)15-18-9-5-8-17-7-3-4-10-20(17)18/h3-5,7-10,12,14,21H,2,6,11,13,15-16H2,1H3,(H,25,27). The zero-order valence-electron chi connectivity index (χ0n) is 16.7. The first-order chi connectivity index (χ1) is 14.2. The molecular formula is C24H26N2O2S. The summed E-state index contributed by atoms with van der Waals surface area (Å²) >= 11 is 1.76. The van der Waals surface area contributed by atoms with Crippen molar-refractivity contribution in [3.8, 4) is 0 Å². The van der Waals surface area contributed by atoms with Crippen molar-refractivity contribution in [2.24, 2.45) is 0 Å². The van der Waals surface area contributed by atoms with Crippen molar-refractivity contribution in [1.82, 2.24) is 10.2 Å². The Morgan fingerprint density at radius 2 is 1.97 bits per heavy atom. The summed E-state index contributed by atoms with van der Waals surface area (Å²) in [7, 11) is 0. The average Bonchev–Trinajstić information content (AvgIpc) is 3.21. The zero-order valence-corrected chi connectivity index (χ0v) is 17.5. The number of amides is 2. The highest BCUT2D eigenvalue weighted by Crippen LogP contribution is 2.25. The Morgan fingerprint density at radius 1 is 1.14 bits per heavy atom. The van der Waals surface area contributed by atoms with E-state index in [1.165, 1.54) is 10.4 Å². The van der Waals surface area contributed by atoms with Crippen LogP contribution in [0.3, 0.4) is 0 Å². The van der Waals surface area contributed by atoms with Gasteiger partial charge in [0.2, 0.25) is 11.8 Å². The van der Waals surface area contributed by atoms with Crippen LogP contribution in [0.2, 0.25) is 0 Å². The smallest absolute Gasteiger partial charge is 0.245 e. The molecule has 2 heterocycles. The lowest BCUT2D eigenvalue weighted by Crippen LogP contribution is -2.50. The maximum atomic E-state index is 13.1. The Bertz CT molecular complexity index is 1020. The van der Waals surface area contributed by atoms with E-state index in [0.29, 0.717) is 13.0 Å². The maximum Gasteiger partial charge on any atom is 0.245 e. The topological polar surface area (TPSA) is 49.4 Å². The Kier molecular flexibility index (Phi) is 5.95. The monoisotopic (exact) mass is 406 g/mol. The van der Waals surface area contributed by atoms with E-state index < -0.39 is 6.04 Å². The van der Waals surface area contributed by atoms with Gasteiger partial charge in [-0.3, -0.25) is 9.59 Å². The van der Waals surface area contributed by atoms with Gasteiger partial charge in [0.15, 0.2) is 0 Å². The molecule has 5 heteroatoms. The summed E-state index contributed by atoms with van der Waals surface area (Å²) in [6.45, 7) is 3.42. The number of nitrogens with one attached hydrogen (secondary N) is 1. The highest BCUT2D eigenvalue weighted by molar-refractivity contribution is 7.10. The Labute approximate surface area is 175 Å². The van der Waals surface area contributed by atoms with Crippen LogP contribution < -0.4 is 5.32 Å². The molecule has 0 radical (unpaired) electrons. The first-order valence-electron chi connectivity index (χ1n) is 10.3. The molecule has 1 atom stereocenters. The number of rotatable bonds is 6. The number of thiophene rings is 1. The van der Waals surface area contributed by atoms with Gasteiger partial charge in [-0.25, -0.2) is 0 Å². The summed E-state index contributed by atoms with van der Waals surface area (Å²) in [5.74, 6) is -0.0589. The molecule has 0 fully saturated rings. The molecule has 1 aromatic heterocycles. The van der Waals surface area contributed by atoms with Crippen LogP contribution in [0.5, 0.6) is 0 Å². The minimum Gasteiger partial charge on any atom is -0.344 e. The van der Waals surface area contributed by atoms with Gasteiger partial charge in [-0.05, 0) is 46.2 Å². The van der Waals surface area contributed by atoms with Crippen LogP contribution in [0.15, 0.2) is 53.9 Å². The van der Waals surface area contributed by atoms with Crippen molar-refractivity contribution in [2.75, 3.05) is 6.54 Å². The molecule has 2 aromatic carbocycles. The van der Waals surface area contributed by atoms with Gasteiger partial charge in [0, 0.05) is 18.0 Å². The van der Waals surface area contributed by atoms with Crippen molar-refractivity contribution in [3.05, 3.63) is 69.9 Å². The number of fused-ring (bicyclic) bond motifs is 2. The van der Waals surface area contributed by atoms with E-state index in [4.69, 9.17) is 0 Å². The molecule has 150 valence electrons. The SMILES string of the molecule is CCCC(NC(=O)Cc1cccc2ccccc12)C(=O)N1CCc2sccc2C1. The molecule has 2 amide bonds. The van der Waals surface area contributed by atoms with E-state index in [2.05, 4.69) is 28.9 Å². The second kappa shape index (κ2) is 8.78. The first-order valence-corrected chi connectivity index (χ1v) is 11.1. The number of hydrogen-bond donors (Lipinski definition) is 1. The van der Waals surface area contributed by atoms with E-state index in [1.807, 2.05) is 42.2 Å². The van der Waals surface area contributed by atoms with Gasteiger partial charge in [-0.15, -0.1) is 11.3 Å². The minimum absolute atomic E-state index is 0.0370. The van der Waals surface area contributed by atoms with Crippen molar-refractivity contribution in [3.63, 3.8) is 0 Å². The lowest BCUT2D eigenvalue weighted by atomic mass is 10.0. The van der Waals surface area contributed by atoms with Gasteiger partial charge < -0.3 is 10.2 Å². The van der Waals surface area contributed by atoms with E-state index in [9.17, 15) is 9.59 Å². The van der Waals surface area contributed by atoms with E-state index in [0.717, 1.165) is 35.7 Å². The van der Waals surface area contributed by atoms with Crippen LogP contribution in [0, 0.1) is 0 Å². The average molecular weight is 407 g/mol.